The molecule has 0 radical (unpaired) electrons. The van der Waals surface area contributed by atoms with E-state index in [4.69, 9.17) is 5.11 Å². The van der Waals surface area contributed by atoms with Gasteiger partial charge < -0.3 is 10.4 Å². The van der Waals surface area contributed by atoms with Gasteiger partial charge in [0.2, 0.25) is 0 Å². The summed E-state index contributed by atoms with van der Waals surface area (Å²) in [5, 5.41) is 12.6. The fraction of sp³-hybridized carbons (Fsp3) is 0.538. The number of aromatic hydroxyl groups is 1. The zero-order valence-corrected chi connectivity index (χ0v) is 9.83. The minimum atomic E-state index is 0.327. The van der Waals surface area contributed by atoms with E-state index >= 15 is 0 Å². The van der Waals surface area contributed by atoms with Gasteiger partial charge in [-0.25, -0.2) is 0 Å². The molecule has 0 spiro atoms. The van der Waals surface area contributed by atoms with Crippen LogP contribution in [-0.2, 0) is 0 Å². The van der Waals surface area contributed by atoms with E-state index in [2.05, 4.69) is 26.1 Å². The molecule has 2 heteroatoms. The molecule has 1 atom stereocenters. The van der Waals surface area contributed by atoms with E-state index in [1.165, 1.54) is 12.0 Å². The Morgan fingerprint density at radius 3 is 2.27 bits per heavy atom. The second-order valence-electron chi connectivity index (χ2n) is 4.45. The highest BCUT2D eigenvalue weighted by Crippen LogP contribution is 2.16. The number of nitrogens with one attached hydrogen (secondary N) is 1. The van der Waals surface area contributed by atoms with Crippen LogP contribution >= 0.6 is 0 Å². The molecule has 0 saturated carbocycles. The van der Waals surface area contributed by atoms with Gasteiger partial charge in [0.05, 0.1) is 0 Å². The molecule has 2 N–H and O–H groups in total. The zero-order chi connectivity index (χ0) is 11.3. The zero-order valence-electron chi connectivity index (χ0n) is 9.83. The van der Waals surface area contributed by atoms with Crippen molar-refractivity contribution in [2.24, 2.45) is 5.92 Å². The third-order valence-corrected chi connectivity index (χ3v) is 2.57. The fourth-order valence-electron chi connectivity index (χ4n) is 1.47. The van der Waals surface area contributed by atoms with Crippen LogP contribution in [0, 0.1) is 5.92 Å². The number of hydrogen-bond acceptors (Lipinski definition) is 2. The molecule has 0 amide bonds. The molecule has 1 aromatic rings. The SMILES string of the molecule is CC(C)CCNC(C)c1ccc(O)cc1. The van der Waals surface area contributed by atoms with Crippen LogP contribution in [0.2, 0.25) is 0 Å². The average Bonchev–Trinajstić information content (AvgIpc) is 2.18. The molecule has 0 aliphatic carbocycles. The van der Waals surface area contributed by atoms with Crippen molar-refractivity contribution in [3.63, 3.8) is 0 Å². The number of rotatable bonds is 5. The van der Waals surface area contributed by atoms with Crippen molar-refractivity contribution in [2.45, 2.75) is 33.2 Å². The molecule has 0 fully saturated rings. The van der Waals surface area contributed by atoms with Crippen molar-refractivity contribution < 1.29 is 5.11 Å². The van der Waals surface area contributed by atoms with E-state index in [-0.39, 0.29) is 0 Å². The summed E-state index contributed by atoms with van der Waals surface area (Å²) in [7, 11) is 0. The number of phenols is 1. The maximum atomic E-state index is 9.17. The third kappa shape index (κ3) is 4.34. The predicted molar refractivity (Wildman–Crippen MR) is 64.0 cm³/mol. The fourth-order valence-corrected chi connectivity index (χ4v) is 1.47. The minimum Gasteiger partial charge on any atom is -0.508 e. The average molecular weight is 207 g/mol. The van der Waals surface area contributed by atoms with Gasteiger partial charge in [0.1, 0.15) is 5.75 Å². The maximum absolute atomic E-state index is 9.17. The molecule has 0 saturated heterocycles. The standard InChI is InChI=1S/C13H21NO/c1-10(2)8-9-14-11(3)12-4-6-13(15)7-5-12/h4-7,10-11,14-15H,8-9H2,1-3H3. The van der Waals surface area contributed by atoms with Gasteiger partial charge in [0.25, 0.3) is 0 Å². The Balaban J connectivity index is 2.40. The number of phenolic OH excluding ortho intramolecular Hbond substituents is 1. The highest BCUT2D eigenvalue weighted by atomic mass is 16.3. The molecule has 2 nitrogen and oxygen atoms in total. The van der Waals surface area contributed by atoms with E-state index in [1.54, 1.807) is 12.1 Å². The van der Waals surface area contributed by atoms with Crippen molar-refractivity contribution in [2.75, 3.05) is 6.54 Å². The van der Waals surface area contributed by atoms with Gasteiger partial charge in [-0.3, -0.25) is 0 Å². The van der Waals surface area contributed by atoms with Crippen molar-refractivity contribution in [1.29, 1.82) is 0 Å². The lowest BCUT2D eigenvalue weighted by atomic mass is 10.1. The Bertz CT molecular complexity index is 279. The second kappa shape index (κ2) is 5.76. The Hall–Kier alpha value is -1.02. The van der Waals surface area contributed by atoms with Crippen molar-refractivity contribution >= 4 is 0 Å². The first-order valence-electron chi connectivity index (χ1n) is 5.62. The topological polar surface area (TPSA) is 32.3 Å². The van der Waals surface area contributed by atoms with Gasteiger partial charge in [-0.2, -0.15) is 0 Å². The second-order valence-corrected chi connectivity index (χ2v) is 4.45. The predicted octanol–water partition coefficient (Wildman–Crippen LogP) is 3.09. The number of benzene rings is 1. The molecule has 0 bridgehead atoms. The first-order chi connectivity index (χ1) is 7.09. The molecule has 0 aliphatic rings. The summed E-state index contributed by atoms with van der Waals surface area (Å²) < 4.78 is 0. The highest BCUT2D eigenvalue weighted by molar-refractivity contribution is 5.27. The van der Waals surface area contributed by atoms with E-state index in [0.29, 0.717) is 11.8 Å². The molecule has 0 heterocycles. The Morgan fingerprint density at radius 2 is 1.73 bits per heavy atom. The van der Waals surface area contributed by atoms with Crippen LogP contribution < -0.4 is 5.32 Å². The van der Waals surface area contributed by atoms with E-state index in [1.807, 2.05) is 12.1 Å². The van der Waals surface area contributed by atoms with Crippen molar-refractivity contribution in [3.8, 4) is 5.75 Å². The summed E-state index contributed by atoms with van der Waals surface area (Å²) in [4.78, 5) is 0. The quantitative estimate of drug-likeness (QED) is 0.777. The Kier molecular flexibility index (Phi) is 4.63. The normalized spacial score (nSPS) is 13.1. The van der Waals surface area contributed by atoms with Crippen LogP contribution in [-0.4, -0.2) is 11.7 Å². The summed E-state index contributed by atoms with van der Waals surface area (Å²) in [5.41, 5.74) is 1.22. The smallest absolute Gasteiger partial charge is 0.115 e. The minimum absolute atomic E-state index is 0.327. The molecule has 1 rings (SSSR count). The molecule has 0 aliphatic heterocycles. The Labute approximate surface area is 92.3 Å². The summed E-state index contributed by atoms with van der Waals surface area (Å²) in [6, 6.07) is 7.74. The van der Waals surface area contributed by atoms with Crippen LogP contribution in [0.3, 0.4) is 0 Å². The Morgan fingerprint density at radius 1 is 1.13 bits per heavy atom. The number of hydrogen-bond donors (Lipinski definition) is 2. The summed E-state index contributed by atoms with van der Waals surface area (Å²) >= 11 is 0. The van der Waals surface area contributed by atoms with Crippen molar-refractivity contribution in [1.82, 2.24) is 5.32 Å². The van der Waals surface area contributed by atoms with Gasteiger partial charge in [-0.05, 0) is 43.5 Å². The van der Waals surface area contributed by atoms with Crippen LogP contribution in [0.15, 0.2) is 24.3 Å². The monoisotopic (exact) mass is 207 g/mol. The highest BCUT2D eigenvalue weighted by Gasteiger charge is 2.04. The van der Waals surface area contributed by atoms with Crippen molar-refractivity contribution in [3.05, 3.63) is 29.8 Å². The van der Waals surface area contributed by atoms with Crippen LogP contribution in [0.4, 0.5) is 0 Å². The van der Waals surface area contributed by atoms with E-state index in [0.717, 1.165) is 12.5 Å². The third-order valence-electron chi connectivity index (χ3n) is 2.57. The lowest BCUT2D eigenvalue weighted by Gasteiger charge is -2.15. The van der Waals surface area contributed by atoms with Crippen LogP contribution in [0.1, 0.15) is 38.8 Å². The van der Waals surface area contributed by atoms with E-state index < -0.39 is 0 Å². The van der Waals surface area contributed by atoms with Gasteiger partial charge >= 0.3 is 0 Å². The van der Waals surface area contributed by atoms with Gasteiger partial charge in [-0.15, -0.1) is 0 Å². The molecular weight excluding hydrogens is 186 g/mol. The van der Waals surface area contributed by atoms with Gasteiger partial charge in [0, 0.05) is 6.04 Å². The summed E-state index contributed by atoms with van der Waals surface area (Å²) in [5.74, 6) is 1.07. The lowest BCUT2D eigenvalue weighted by Crippen LogP contribution is -2.20. The lowest BCUT2D eigenvalue weighted by molar-refractivity contribution is 0.473. The molecule has 84 valence electrons. The summed E-state index contributed by atoms with van der Waals surface area (Å²) in [6.45, 7) is 7.65. The maximum Gasteiger partial charge on any atom is 0.115 e. The summed E-state index contributed by atoms with van der Waals surface area (Å²) in [6.07, 6.45) is 1.20. The first-order valence-corrected chi connectivity index (χ1v) is 5.62. The molecule has 1 aromatic carbocycles. The van der Waals surface area contributed by atoms with Gasteiger partial charge in [-0.1, -0.05) is 26.0 Å². The van der Waals surface area contributed by atoms with Gasteiger partial charge in [0.15, 0.2) is 0 Å². The molecule has 0 aromatic heterocycles. The first kappa shape index (κ1) is 12.1. The molecule has 1 unspecified atom stereocenters. The largest absolute Gasteiger partial charge is 0.508 e. The van der Waals surface area contributed by atoms with Crippen LogP contribution in [0.25, 0.3) is 0 Å². The molecular formula is C13H21NO. The van der Waals surface area contributed by atoms with Crippen LogP contribution in [0.5, 0.6) is 5.75 Å². The molecule has 15 heavy (non-hydrogen) atoms. The van der Waals surface area contributed by atoms with E-state index in [9.17, 15) is 0 Å².